The van der Waals surface area contributed by atoms with Crippen LogP contribution in [0.4, 0.5) is 3.89 Å². The van der Waals surface area contributed by atoms with Crippen LogP contribution in [0.15, 0.2) is 0 Å². The molecule has 104 valence electrons. The van der Waals surface area contributed by atoms with Crippen LogP contribution in [-0.2, 0) is 19.8 Å². The first-order chi connectivity index (χ1) is 8.47. The van der Waals surface area contributed by atoms with E-state index in [1.54, 1.807) is 0 Å². The minimum Gasteiger partial charge on any atom is -0.379 e. The summed E-state index contributed by atoms with van der Waals surface area (Å²) in [7, 11) is -4.61. The van der Waals surface area contributed by atoms with Crippen molar-refractivity contribution in [3.8, 4) is 0 Å². The van der Waals surface area contributed by atoms with Gasteiger partial charge in [-0.3, -0.25) is 9.69 Å². The second-order valence-electron chi connectivity index (χ2n) is 4.60. The Morgan fingerprint density at radius 2 is 1.94 bits per heavy atom. The molecule has 1 atom stereocenters. The Balaban J connectivity index is 1.81. The summed E-state index contributed by atoms with van der Waals surface area (Å²) in [5.74, 6) is -0.283. The van der Waals surface area contributed by atoms with Crippen LogP contribution in [0.3, 0.4) is 0 Å². The van der Waals surface area contributed by atoms with Crippen molar-refractivity contribution in [1.29, 1.82) is 0 Å². The third kappa shape index (κ3) is 3.39. The third-order valence-corrected chi connectivity index (χ3v) is 4.48. The molecule has 2 heterocycles. The van der Waals surface area contributed by atoms with E-state index < -0.39 is 15.5 Å². The zero-order valence-corrected chi connectivity index (χ0v) is 10.9. The molecule has 2 rings (SSSR count). The van der Waals surface area contributed by atoms with Crippen molar-refractivity contribution in [3.05, 3.63) is 0 Å². The van der Waals surface area contributed by atoms with Crippen molar-refractivity contribution in [2.75, 3.05) is 45.9 Å². The molecule has 0 radical (unpaired) electrons. The van der Waals surface area contributed by atoms with Gasteiger partial charge in [0.25, 0.3) is 0 Å². The average Bonchev–Trinajstić information content (AvgIpc) is 2.69. The van der Waals surface area contributed by atoms with Gasteiger partial charge in [-0.2, -0.15) is 8.42 Å². The lowest BCUT2D eigenvalue weighted by Crippen LogP contribution is -2.42. The van der Waals surface area contributed by atoms with E-state index in [1.165, 1.54) is 4.90 Å². The highest BCUT2D eigenvalue weighted by atomic mass is 32.3. The molecule has 2 saturated heterocycles. The maximum atomic E-state index is 12.8. The van der Waals surface area contributed by atoms with Gasteiger partial charge in [-0.1, -0.05) is 0 Å². The van der Waals surface area contributed by atoms with E-state index in [2.05, 4.69) is 4.90 Å². The Morgan fingerprint density at radius 3 is 2.50 bits per heavy atom. The lowest BCUT2D eigenvalue weighted by molar-refractivity contribution is -0.128. The lowest BCUT2D eigenvalue weighted by atomic mass is 10.4. The highest BCUT2D eigenvalue weighted by molar-refractivity contribution is 7.87. The molecule has 2 aliphatic rings. The number of halogens is 1. The quantitative estimate of drug-likeness (QED) is 0.632. The monoisotopic (exact) mass is 280 g/mol. The summed E-state index contributed by atoms with van der Waals surface area (Å²) in [5, 5.41) is -1.19. The van der Waals surface area contributed by atoms with Crippen molar-refractivity contribution in [2.24, 2.45) is 0 Å². The molecule has 0 aromatic heterocycles. The van der Waals surface area contributed by atoms with E-state index in [4.69, 9.17) is 4.74 Å². The minimum atomic E-state index is -4.61. The van der Waals surface area contributed by atoms with Gasteiger partial charge in [0.1, 0.15) is 5.25 Å². The van der Waals surface area contributed by atoms with Crippen molar-refractivity contribution in [1.82, 2.24) is 9.80 Å². The Hall–Kier alpha value is -0.730. The van der Waals surface area contributed by atoms with Crippen LogP contribution in [-0.4, -0.2) is 75.3 Å². The molecule has 18 heavy (non-hydrogen) atoms. The number of likely N-dealkylation sites (tertiary alicyclic amines) is 1. The fourth-order valence-corrected chi connectivity index (χ4v) is 2.93. The predicted octanol–water partition coefficient (Wildman–Crippen LogP) is -0.781. The zero-order chi connectivity index (χ0) is 13.2. The number of hydrogen-bond acceptors (Lipinski definition) is 5. The van der Waals surface area contributed by atoms with Gasteiger partial charge in [-0.25, -0.2) is 0 Å². The first-order valence-corrected chi connectivity index (χ1v) is 7.43. The summed E-state index contributed by atoms with van der Waals surface area (Å²) in [6.45, 7) is 4.08. The van der Waals surface area contributed by atoms with Crippen molar-refractivity contribution >= 4 is 16.1 Å². The van der Waals surface area contributed by atoms with Crippen LogP contribution in [0, 0.1) is 0 Å². The summed E-state index contributed by atoms with van der Waals surface area (Å²) in [4.78, 5) is 15.1. The number of carbonyl (C=O) groups is 1. The molecule has 2 aliphatic heterocycles. The van der Waals surface area contributed by atoms with Crippen LogP contribution < -0.4 is 0 Å². The number of rotatable bonds is 4. The molecule has 1 amide bonds. The molecule has 0 aliphatic carbocycles. The second kappa shape index (κ2) is 5.50. The predicted molar refractivity (Wildman–Crippen MR) is 62.3 cm³/mol. The molecule has 8 heteroatoms. The van der Waals surface area contributed by atoms with E-state index in [9.17, 15) is 17.1 Å². The third-order valence-electron chi connectivity index (χ3n) is 3.37. The summed E-state index contributed by atoms with van der Waals surface area (Å²) < 4.78 is 39.5. The van der Waals surface area contributed by atoms with Crippen molar-refractivity contribution < 1.29 is 21.8 Å². The maximum absolute atomic E-state index is 12.8. The molecule has 6 nitrogen and oxygen atoms in total. The first kappa shape index (κ1) is 13.7. The smallest absolute Gasteiger partial charge is 0.307 e. The Bertz CT molecular complexity index is 408. The molecular formula is C10H17FN2O4S. The second-order valence-corrected chi connectivity index (χ2v) is 6.21. The summed E-state index contributed by atoms with van der Waals surface area (Å²) in [5.41, 5.74) is 0. The van der Waals surface area contributed by atoms with Gasteiger partial charge in [0.2, 0.25) is 5.91 Å². The topological polar surface area (TPSA) is 66.9 Å². The van der Waals surface area contributed by atoms with E-state index in [1.807, 2.05) is 0 Å². The number of morpholine rings is 1. The SMILES string of the molecule is O=C1CC(S(=O)(=O)F)CN1CCN1CCOCC1. The van der Waals surface area contributed by atoms with Gasteiger partial charge in [0.15, 0.2) is 0 Å². The Morgan fingerprint density at radius 1 is 1.28 bits per heavy atom. The largest absolute Gasteiger partial charge is 0.379 e. The molecule has 0 aromatic rings. The Kier molecular flexibility index (Phi) is 4.18. The molecule has 1 unspecified atom stereocenters. The minimum absolute atomic E-state index is 0.0258. The van der Waals surface area contributed by atoms with Crippen LogP contribution in [0.2, 0.25) is 0 Å². The fourth-order valence-electron chi connectivity index (χ4n) is 2.23. The zero-order valence-electron chi connectivity index (χ0n) is 10.0. The number of ether oxygens (including phenoxy) is 1. The molecular weight excluding hydrogens is 263 g/mol. The lowest BCUT2D eigenvalue weighted by Gasteiger charge is -2.28. The maximum Gasteiger partial charge on any atom is 0.307 e. The standard InChI is InChI=1S/C10H17FN2O4S/c11-18(15,16)9-7-10(14)13(8-9)2-1-12-3-5-17-6-4-12/h9H,1-8H2. The van der Waals surface area contributed by atoms with E-state index >= 15 is 0 Å². The van der Waals surface area contributed by atoms with E-state index in [0.717, 1.165) is 13.1 Å². The van der Waals surface area contributed by atoms with Gasteiger partial charge in [-0.05, 0) is 0 Å². The van der Waals surface area contributed by atoms with Gasteiger partial charge in [0, 0.05) is 39.1 Å². The number of carbonyl (C=O) groups excluding carboxylic acids is 1. The molecule has 0 aromatic carbocycles. The normalized spacial score (nSPS) is 26.8. The van der Waals surface area contributed by atoms with Gasteiger partial charge in [0.05, 0.1) is 13.2 Å². The Labute approximate surface area is 106 Å². The van der Waals surface area contributed by atoms with Gasteiger partial charge < -0.3 is 9.64 Å². The van der Waals surface area contributed by atoms with E-state index in [-0.39, 0.29) is 18.9 Å². The average molecular weight is 280 g/mol. The number of hydrogen-bond donors (Lipinski definition) is 0. The van der Waals surface area contributed by atoms with Crippen molar-refractivity contribution in [3.63, 3.8) is 0 Å². The highest BCUT2D eigenvalue weighted by Gasteiger charge is 2.38. The molecule has 0 bridgehead atoms. The summed E-state index contributed by atoms with van der Waals surface area (Å²) >= 11 is 0. The van der Waals surface area contributed by atoms with Crippen LogP contribution in [0.25, 0.3) is 0 Å². The number of nitrogens with zero attached hydrogens (tertiary/aromatic N) is 2. The summed E-state index contributed by atoms with van der Waals surface area (Å²) in [6.07, 6.45) is -0.234. The van der Waals surface area contributed by atoms with Gasteiger partial charge >= 0.3 is 10.2 Å². The number of amides is 1. The van der Waals surface area contributed by atoms with E-state index in [0.29, 0.717) is 26.3 Å². The molecule has 0 saturated carbocycles. The molecule has 2 fully saturated rings. The highest BCUT2D eigenvalue weighted by Crippen LogP contribution is 2.19. The van der Waals surface area contributed by atoms with Crippen molar-refractivity contribution in [2.45, 2.75) is 11.7 Å². The van der Waals surface area contributed by atoms with Crippen LogP contribution in [0.5, 0.6) is 0 Å². The summed E-state index contributed by atoms with van der Waals surface area (Å²) in [6, 6.07) is 0. The van der Waals surface area contributed by atoms with Crippen LogP contribution in [0.1, 0.15) is 6.42 Å². The van der Waals surface area contributed by atoms with Crippen LogP contribution >= 0.6 is 0 Å². The first-order valence-electron chi connectivity index (χ1n) is 5.98. The molecule has 0 spiro atoms. The molecule has 0 N–H and O–H groups in total. The van der Waals surface area contributed by atoms with Gasteiger partial charge in [-0.15, -0.1) is 3.89 Å². The fraction of sp³-hybridized carbons (Fsp3) is 0.900.